The van der Waals surface area contributed by atoms with Crippen LogP contribution in [0.5, 0.6) is 0 Å². The second-order valence-electron chi connectivity index (χ2n) is 4.84. The smallest absolute Gasteiger partial charge is 0.457 e. The first-order valence-corrected chi connectivity index (χ1v) is 5.64. The predicted molar refractivity (Wildman–Crippen MR) is 48.3 cm³/mol. The van der Waals surface area contributed by atoms with Crippen molar-refractivity contribution >= 4 is 5.97 Å². The SMILES string of the molecule is O=C(O)C(F)(F)C(F)(F)C(F)(C(F)(F)F)C(F)(C(F)(F)F)C(F)(F)C(F)(F)F. The maximum Gasteiger partial charge on any atom is 0.457 e. The van der Waals surface area contributed by atoms with E-state index in [2.05, 4.69) is 0 Å². The van der Waals surface area contributed by atoms with E-state index in [4.69, 9.17) is 5.11 Å². The van der Waals surface area contributed by atoms with Crippen molar-refractivity contribution in [3.8, 4) is 0 Å². The van der Waals surface area contributed by atoms with Crippen LogP contribution in [0.1, 0.15) is 0 Å². The van der Waals surface area contributed by atoms with Crippen LogP contribution in [0, 0.1) is 0 Å². The third kappa shape index (κ3) is 2.91. The number of hydrogen-bond acceptors (Lipinski definition) is 1. The first-order chi connectivity index (χ1) is 11.7. The van der Waals surface area contributed by atoms with E-state index in [0.717, 1.165) is 0 Å². The van der Waals surface area contributed by atoms with Gasteiger partial charge in [-0.2, -0.15) is 65.9 Å². The van der Waals surface area contributed by atoms with Gasteiger partial charge in [-0.15, -0.1) is 0 Å². The predicted octanol–water partition coefficient (Wildman–Crippen LogP) is 5.08. The van der Waals surface area contributed by atoms with E-state index in [-0.39, 0.29) is 0 Å². The Bertz CT molecular complexity index is 612. The Morgan fingerprint density at radius 1 is 0.464 bits per heavy atom. The van der Waals surface area contributed by atoms with Crippen LogP contribution in [0.15, 0.2) is 0 Å². The van der Waals surface area contributed by atoms with Gasteiger partial charge in [-0.05, 0) is 0 Å². The normalized spacial score (nSPS) is 19.8. The number of carbonyl (C=O) groups is 1. The number of rotatable bonds is 5. The molecule has 28 heavy (non-hydrogen) atoms. The van der Waals surface area contributed by atoms with Gasteiger partial charge in [0.25, 0.3) is 0 Å². The fraction of sp³-hybridized carbons (Fsp3) is 0.889. The summed E-state index contributed by atoms with van der Waals surface area (Å²) in [5.74, 6) is -29.8. The molecular formula is C9HF17O2. The molecular weight excluding hydrogens is 463 g/mol. The van der Waals surface area contributed by atoms with Crippen molar-refractivity contribution in [2.75, 3.05) is 0 Å². The lowest BCUT2D eigenvalue weighted by molar-refractivity contribution is -0.470. The van der Waals surface area contributed by atoms with Gasteiger partial charge in [0.2, 0.25) is 0 Å². The minimum atomic E-state index is -9.16. The van der Waals surface area contributed by atoms with E-state index in [1.807, 2.05) is 0 Å². The summed E-state index contributed by atoms with van der Waals surface area (Å²) in [5.41, 5.74) is -18.3. The average Bonchev–Trinajstić information content (AvgIpc) is 2.40. The molecule has 2 unspecified atom stereocenters. The van der Waals surface area contributed by atoms with Gasteiger partial charge in [0.1, 0.15) is 0 Å². The number of carboxylic acids is 1. The zero-order chi connectivity index (χ0) is 23.6. The minimum Gasteiger partial charge on any atom is -0.477 e. The van der Waals surface area contributed by atoms with Crippen LogP contribution in [0.25, 0.3) is 0 Å². The summed E-state index contributed by atoms with van der Waals surface area (Å²) in [6.07, 6.45) is -25.4. The highest BCUT2D eigenvalue weighted by molar-refractivity contribution is 5.77. The number of aliphatic carboxylic acids is 1. The van der Waals surface area contributed by atoms with Crippen LogP contribution in [-0.2, 0) is 4.79 Å². The van der Waals surface area contributed by atoms with Crippen LogP contribution in [0.4, 0.5) is 74.6 Å². The van der Waals surface area contributed by atoms with E-state index in [9.17, 15) is 79.4 Å². The molecule has 0 aromatic rings. The Morgan fingerprint density at radius 3 is 0.893 bits per heavy atom. The summed E-state index contributed by atoms with van der Waals surface area (Å²) >= 11 is 0. The number of alkyl halides is 17. The molecule has 0 amide bonds. The highest BCUT2D eigenvalue weighted by Gasteiger charge is 3.01. The van der Waals surface area contributed by atoms with Gasteiger partial charge < -0.3 is 5.11 Å². The van der Waals surface area contributed by atoms with E-state index in [1.165, 1.54) is 0 Å². The maximum atomic E-state index is 13.8. The molecule has 0 radical (unpaired) electrons. The fourth-order valence-corrected chi connectivity index (χ4v) is 1.73. The molecule has 0 saturated carbocycles. The van der Waals surface area contributed by atoms with E-state index >= 15 is 0 Å². The van der Waals surface area contributed by atoms with Gasteiger partial charge in [-0.25, -0.2) is 13.6 Å². The molecule has 2 nitrogen and oxygen atoms in total. The van der Waals surface area contributed by atoms with Crippen molar-refractivity contribution in [1.82, 2.24) is 0 Å². The van der Waals surface area contributed by atoms with Crippen molar-refractivity contribution in [3.05, 3.63) is 0 Å². The van der Waals surface area contributed by atoms with E-state index < -0.39 is 53.6 Å². The van der Waals surface area contributed by atoms with E-state index in [0.29, 0.717) is 0 Å². The van der Waals surface area contributed by atoms with Crippen molar-refractivity contribution < 1.29 is 84.5 Å². The molecule has 0 aliphatic rings. The number of hydrogen-bond donors (Lipinski definition) is 1. The largest absolute Gasteiger partial charge is 0.477 e. The summed E-state index contributed by atoms with van der Waals surface area (Å²) in [4.78, 5) is 9.89. The molecule has 0 rings (SSSR count). The summed E-state index contributed by atoms with van der Waals surface area (Å²) < 4.78 is 217. The van der Waals surface area contributed by atoms with Gasteiger partial charge in [0.05, 0.1) is 0 Å². The van der Waals surface area contributed by atoms with Gasteiger partial charge in [-0.1, -0.05) is 0 Å². The highest BCUT2D eigenvalue weighted by Crippen LogP contribution is 2.67. The lowest BCUT2D eigenvalue weighted by Gasteiger charge is -2.48. The van der Waals surface area contributed by atoms with Crippen LogP contribution in [0.2, 0.25) is 0 Å². The minimum absolute atomic E-state index is 4.61. The van der Waals surface area contributed by atoms with Crippen molar-refractivity contribution in [1.29, 1.82) is 0 Å². The zero-order valence-electron chi connectivity index (χ0n) is 11.8. The molecule has 0 aliphatic carbocycles. The Labute approximate surface area is 139 Å². The Balaban J connectivity index is 7.69. The molecule has 1 N–H and O–H groups in total. The van der Waals surface area contributed by atoms with Crippen LogP contribution in [-0.4, -0.2) is 58.7 Å². The second kappa shape index (κ2) is 6.14. The summed E-state index contributed by atoms with van der Waals surface area (Å²) in [7, 11) is 0. The standard InChI is InChI=1S/C9HF17O2/c10-2(11,1(27)28)5(14,15)3(12,7(18,19)20)4(13,8(21,22)23)6(16,17)9(24,25)26/h(H,27,28). The molecule has 0 aromatic heterocycles. The third-order valence-electron chi connectivity index (χ3n) is 3.14. The Morgan fingerprint density at radius 2 is 0.714 bits per heavy atom. The molecule has 0 aliphatic heterocycles. The maximum absolute atomic E-state index is 13.8. The molecule has 0 fully saturated rings. The third-order valence-corrected chi connectivity index (χ3v) is 3.14. The summed E-state index contributed by atoms with van der Waals surface area (Å²) in [6.45, 7) is 0. The first kappa shape index (κ1) is 26.3. The monoisotopic (exact) mass is 464 g/mol. The quantitative estimate of drug-likeness (QED) is 0.577. The Kier molecular flexibility index (Phi) is 5.76. The Hall–Kier alpha value is -1.72. The van der Waals surface area contributed by atoms with Gasteiger partial charge in [0.15, 0.2) is 0 Å². The van der Waals surface area contributed by atoms with Crippen LogP contribution in [0.3, 0.4) is 0 Å². The summed E-state index contributed by atoms with van der Waals surface area (Å²) in [5, 5.41) is 7.66. The van der Waals surface area contributed by atoms with Crippen LogP contribution >= 0.6 is 0 Å². The fourth-order valence-electron chi connectivity index (χ4n) is 1.73. The molecule has 2 atom stereocenters. The second-order valence-corrected chi connectivity index (χ2v) is 4.84. The molecule has 0 saturated heterocycles. The summed E-state index contributed by atoms with van der Waals surface area (Å²) in [6, 6.07) is 0. The topological polar surface area (TPSA) is 37.3 Å². The van der Waals surface area contributed by atoms with Crippen molar-refractivity contribution in [3.63, 3.8) is 0 Å². The van der Waals surface area contributed by atoms with Gasteiger partial charge in [-0.3, -0.25) is 0 Å². The molecule has 0 spiro atoms. The van der Waals surface area contributed by atoms with E-state index in [1.54, 1.807) is 0 Å². The number of halogens is 17. The molecule has 168 valence electrons. The van der Waals surface area contributed by atoms with Gasteiger partial charge in [0, 0.05) is 0 Å². The number of carboxylic acid groups (broad SMARTS) is 1. The molecule has 0 bridgehead atoms. The highest BCUT2D eigenvalue weighted by atomic mass is 19.4. The molecule has 0 aromatic carbocycles. The first-order valence-electron chi connectivity index (χ1n) is 5.64. The average molecular weight is 464 g/mol. The van der Waals surface area contributed by atoms with Crippen molar-refractivity contribution in [2.45, 2.75) is 47.6 Å². The van der Waals surface area contributed by atoms with Crippen molar-refractivity contribution in [2.24, 2.45) is 0 Å². The lowest BCUT2D eigenvalue weighted by atomic mass is 9.73. The van der Waals surface area contributed by atoms with Gasteiger partial charge >= 0.3 is 53.6 Å². The lowest BCUT2D eigenvalue weighted by Crippen LogP contribution is -2.83. The molecule has 19 heteroatoms. The molecule has 0 heterocycles. The van der Waals surface area contributed by atoms with Crippen LogP contribution < -0.4 is 0 Å². The zero-order valence-corrected chi connectivity index (χ0v) is 11.8.